The molecule has 1 aliphatic carbocycles. The van der Waals surface area contributed by atoms with Crippen LogP contribution < -0.4 is 0 Å². The molecule has 0 heterocycles. The molecule has 1 saturated carbocycles. The van der Waals surface area contributed by atoms with Gasteiger partial charge < -0.3 is 20.4 Å². The maximum atomic E-state index is 12.1. The van der Waals surface area contributed by atoms with E-state index in [4.69, 9.17) is 5.11 Å². The molecule has 6 nitrogen and oxygen atoms in total. The normalized spacial score (nSPS) is 25.7. The predicted molar refractivity (Wildman–Crippen MR) is 98.6 cm³/mol. The summed E-state index contributed by atoms with van der Waals surface area (Å²) in [5.74, 6) is -1.18. The van der Waals surface area contributed by atoms with Gasteiger partial charge in [-0.2, -0.15) is 0 Å². The summed E-state index contributed by atoms with van der Waals surface area (Å²) in [7, 11) is 0. The predicted octanol–water partition coefficient (Wildman–Crippen LogP) is 2.45. The third kappa shape index (κ3) is 8.92. The Morgan fingerprint density at radius 3 is 2.50 bits per heavy atom. The van der Waals surface area contributed by atoms with Gasteiger partial charge >= 0.3 is 5.97 Å². The highest BCUT2D eigenvalue weighted by molar-refractivity contribution is 5.84. The van der Waals surface area contributed by atoms with Gasteiger partial charge in [0.05, 0.1) is 18.3 Å². The lowest BCUT2D eigenvalue weighted by atomic mass is 9.88. The Hall–Kier alpha value is -1.24. The van der Waals surface area contributed by atoms with Crippen molar-refractivity contribution in [3.63, 3.8) is 0 Å². The van der Waals surface area contributed by atoms with Crippen LogP contribution in [0, 0.1) is 11.8 Å². The SMILES string of the molecule is C[C@@H](O)CCCC(O)/C=C/[C@H]1C(O)CC(=O)C1CCCCCCC(=O)O. The van der Waals surface area contributed by atoms with E-state index >= 15 is 0 Å². The standard InChI is InChI=1S/C20H34O6/c1-14(21)7-6-8-15(22)11-12-17-16(18(23)13-19(17)24)9-4-2-3-5-10-20(25)26/h11-12,14-17,19,21-22,24H,2-10,13H2,1H3,(H,25,26)/b12-11+/t14-,15?,16?,17-,19?/m1/s1. The first-order valence-corrected chi connectivity index (χ1v) is 9.78. The number of carboxylic acids is 1. The number of aliphatic hydroxyl groups excluding tert-OH is 3. The van der Waals surface area contributed by atoms with E-state index in [9.17, 15) is 24.9 Å². The number of unbranched alkanes of at least 4 members (excludes halogenated alkanes) is 3. The molecule has 1 rings (SSSR count). The molecule has 6 heteroatoms. The number of aliphatic hydroxyl groups is 3. The van der Waals surface area contributed by atoms with E-state index in [1.54, 1.807) is 19.1 Å². The van der Waals surface area contributed by atoms with Crippen molar-refractivity contribution in [1.82, 2.24) is 0 Å². The third-order valence-corrected chi connectivity index (χ3v) is 5.07. The Morgan fingerprint density at radius 1 is 1.15 bits per heavy atom. The maximum absolute atomic E-state index is 12.1. The quantitative estimate of drug-likeness (QED) is 0.292. The first-order valence-electron chi connectivity index (χ1n) is 9.78. The van der Waals surface area contributed by atoms with Gasteiger partial charge in [-0.25, -0.2) is 0 Å². The zero-order valence-electron chi connectivity index (χ0n) is 15.7. The summed E-state index contributed by atoms with van der Waals surface area (Å²) in [6.45, 7) is 1.72. The number of hydrogen-bond acceptors (Lipinski definition) is 5. The van der Waals surface area contributed by atoms with Gasteiger partial charge in [-0.05, 0) is 39.0 Å². The van der Waals surface area contributed by atoms with Crippen LogP contribution in [-0.2, 0) is 9.59 Å². The molecule has 0 aromatic rings. The number of aliphatic carboxylic acids is 1. The number of carboxylic acid groups (broad SMARTS) is 1. The van der Waals surface area contributed by atoms with E-state index in [2.05, 4.69) is 0 Å². The average Bonchev–Trinajstić information content (AvgIpc) is 2.81. The molecule has 3 unspecified atom stereocenters. The minimum Gasteiger partial charge on any atom is -0.481 e. The van der Waals surface area contributed by atoms with Crippen LogP contribution >= 0.6 is 0 Å². The molecule has 0 aromatic heterocycles. The Balaban J connectivity index is 2.39. The van der Waals surface area contributed by atoms with E-state index in [0.29, 0.717) is 25.7 Å². The van der Waals surface area contributed by atoms with Gasteiger partial charge in [-0.1, -0.05) is 31.4 Å². The van der Waals surface area contributed by atoms with E-state index in [1.807, 2.05) is 0 Å². The lowest BCUT2D eigenvalue weighted by molar-refractivity contribution is -0.137. The van der Waals surface area contributed by atoms with E-state index in [-0.39, 0.29) is 36.6 Å². The van der Waals surface area contributed by atoms with Crippen molar-refractivity contribution in [3.05, 3.63) is 12.2 Å². The van der Waals surface area contributed by atoms with Crippen LogP contribution in [0.2, 0.25) is 0 Å². The second-order valence-electron chi connectivity index (χ2n) is 7.50. The van der Waals surface area contributed by atoms with E-state index in [0.717, 1.165) is 25.7 Å². The number of hydrogen-bond donors (Lipinski definition) is 4. The topological polar surface area (TPSA) is 115 Å². The van der Waals surface area contributed by atoms with Gasteiger partial charge in [0, 0.05) is 24.7 Å². The van der Waals surface area contributed by atoms with Crippen molar-refractivity contribution >= 4 is 11.8 Å². The molecule has 0 spiro atoms. The summed E-state index contributed by atoms with van der Waals surface area (Å²) in [4.78, 5) is 22.6. The van der Waals surface area contributed by atoms with E-state index < -0.39 is 18.2 Å². The van der Waals surface area contributed by atoms with Gasteiger partial charge in [0.1, 0.15) is 5.78 Å². The third-order valence-electron chi connectivity index (χ3n) is 5.07. The molecule has 0 saturated heterocycles. The van der Waals surface area contributed by atoms with Crippen LogP contribution in [0.1, 0.15) is 71.1 Å². The first kappa shape index (κ1) is 22.8. The summed E-state index contributed by atoms with van der Waals surface area (Å²) < 4.78 is 0. The zero-order chi connectivity index (χ0) is 19.5. The smallest absolute Gasteiger partial charge is 0.303 e. The second-order valence-corrected chi connectivity index (χ2v) is 7.50. The number of rotatable bonds is 13. The van der Waals surface area contributed by atoms with E-state index in [1.165, 1.54) is 0 Å². The van der Waals surface area contributed by atoms with Crippen molar-refractivity contribution in [2.75, 3.05) is 0 Å². The fraction of sp³-hybridized carbons (Fsp3) is 0.800. The van der Waals surface area contributed by atoms with Gasteiger partial charge in [-0.3, -0.25) is 9.59 Å². The average molecular weight is 370 g/mol. The number of carbonyl (C=O) groups excluding carboxylic acids is 1. The first-order chi connectivity index (χ1) is 12.3. The summed E-state index contributed by atoms with van der Waals surface area (Å²) in [6, 6.07) is 0. The Kier molecular flexibility index (Phi) is 10.7. The molecular formula is C20H34O6. The lowest BCUT2D eigenvalue weighted by Crippen LogP contribution is -2.19. The molecule has 4 N–H and O–H groups in total. The number of ketones is 1. The summed E-state index contributed by atoms with van der Waals surface area (Å²) in [6.07, 6.45) is 7.88. The molecule has 150 valence electrons. The largest absolute Gasteiger partial charge is 0.481 e. The lowest BCUT2D eigenvalue weighted by Gasteiger charge is -2.18. The monoisotopic (exact) mass is 370 g/mol. The Bertz CT molecular complexity index is 459. The molecule has 0 bridgehead atoms. The molecule has 26 heavy (non-hydrogen) atoms. The van der Waals surface area contributed by atoms with Crippen LogP contribution in [0.3, 0.4) is 0 Å². The van der Waals surface area contributed by atoms with Gasteiger partial charge in [0.2, 0.25) is 0 Å². The van der Waals surface area contributed by atoms with Crippen LogP contribution in [0.25, 0.3) is 0 Å². The molecular weight excluding hydrogens is 336 g/mol. The van der Waals surface area contributed by atoms with Crippen LogP contribution in [0.15, 0.2) is 12.2 Å². The Morgan fingerprint density at radius 2 is 1.85 bits per heavy atom. The molecule has 5 atom stereocenters. The maximum Gasteiger partial charge on any atom is 0.303 e. The summed E-state index contributed by atoms with van der Waals surface area (Å²) in [5.41, 5.74) is 0. The van der Waals surface area contributed by atoms with Crippen LogP contribution in [0.4, 0.5) is 0 Å². The van der Waals surface area contributed by atoms with Gasteiger partial charge in [0.15, 0.2) is 0 Å². The highest BCUT2D eigenvalue weighted by Crippen LogP contribution is 2.34. The molecule has 0 radical (unpaired) electrons. The number of Topliss-reactive ketones (excluding diaryl/α,β-unsaturated/α-hetero) is 1. The minimum atomic E-state index is -0.781. The fourth-order valence-corrected chi connectivity index (χ4v) is 3.56. The van der Waals surface area contributed by atoms with Crippen molar-refractivity contribution in [2.45, 2.75) is 89.4 Å². The van der Waals surface area contributed by atoms with Crippen molar-refractivity contribution < 1.29 is 30.0 Å². The fourth-order valence-electron chi connectivity index (χ4n) is 3.56. The van der Waals surface area contributed by atoms with Gasteiger partial charge in [0.25, 0.3) is 0 Å². The highest BCUT2D eigenvalue weighted by atomic mass is 16.4. The van der Waals surface area contributed by atoms with Crippen LogP contribution in [-0.4, -0.2) is 50.5 Å². The van der Waals surface area contributed by atoms with Crippen molar-refractivity contribution in [2.24, 2.45) is 11.8 Å². The summed E-state index contributed by atoms with van der Waals surface area (Å²) in [5, 5.41) is 38.0. The molecule has 1 aliphatic rings. The second kappa shape index (κ2) is 12.2. The Labute approximate surface area is 155 Å². The van der Waals surface area contributed by atoms with Crippen LogP contribution in [0.5, 0.6) is 0 Å². The van der Waals surface area contributed by atoms with Crippen molar-refractivity contribution in [3.8, 4) is 0 Å². The zero-order valence-corrected chi connectivity index (χ0v) is 15.7. The molecule has 0 aromatic carbocycles. The molecule has 0 amide bonds. The molecule has 1 fully saturated rings. The minimum absolute atomic E-state index is 0.0706. The summed E-state index contributed by atoms with van der Waals surface area (Å²) >= 11 is 0. The highest BCUT2D eigenvalue weighted by Gasteiger charge is 2.39. The number of carbonyl (C=O) groups is 2. The van der Waals surface area contributed by atoms with Crippen molar-refractivity contribution in [1.29, 1.82) is 0 Å². The molecule has 0 aliphatic heterocycles. The van der Waals surface area contributed by atoms with Gasteiger partial charge in [-0.15, -0.1) is 0 Å².